The maximum Gasteiger partial charge on any atom is 0.349 e. The lowest BCUT2D eigenvalue weighted by atomic mass is 10.2. The van der Waals surface area contributed by atoms with Gasteiger partial charge in [-0.2, -0.15) is 0 Å². The fourth-order valence-electron chi connectivity index (χ4n) is 1.17. The molecule has 1 rings (SSSR count). The summed E-state index contributed by atoms with van der Waals surface area (Å²) in [6.07, 6.45) is 1.58. The Morgan fingerprint density at radius 1 is 1.31 bits per heavy atom. The second-order valence-electron chi connectivity index (χ2n) is 3.47. The molecule has 0 fully saturated rings. The number of hydrogen-bond donors (Lipinski definition) is 0. The first-order valence-electron chi connectivity index (χ1n) is 4.77. The van der Waals surface area contributed by atoms with Crippen LogP contribution in [0.5, 0.6) is 0 Å². The van der Waals surface area contributed by atoms with Gasteiger partial charge in [-0.25, -0.2) is 4.79 Å². The molecule has 1 aromatic carbocycles. The van der Waals surface area contributed by atoms with Crippen molar-refractivity contribution in [1.29, 1.82) is 0 Å². The molecule has 1 aromatic rings. The topological polar surface area (TPSA) is 29.5 Å². The van der Waals surface area contributed by atoms with E-state index < -0.39 is 5.97 Å². The average molecular weight is 240 g/mol. The van der Waals surface area contributed by atoms with Gasteiger partial charge in [0.2, 0.25) is 0 Å². The van der Waals surface area contributed by atoms with Crippen molar-refractivity contribution >= 4 is 29.3 Å². The molecule has 0 N–H and O–H groups in total. The van der Waals surface area contributed by atoms with Crippen molar-refractivity contribution in [3.8, 4) is 0 Å². The Labute approximate surface area is 100 Å². The number of nitrogens with zero attached hydrogens (tertiary/aromatic N) is 1. The first-order chi connectivity index (χ1) is 7.54. The minimum Gasteiger partial charge on any atom is -0.465 e. The summed E-state index contributed by atoms with van der Waals surface area (Å²) in [4.78, 5) is 13.1. The average Bonchev–Trinajstić information content (AvgIpc) is 2.28. The number of halogens is 1. The normalized spacial score (nSPS) is 11.1. The lowest BCUT2D eigenvalue weighted by Gasteiger charge is -2.11. The minimum absolute atomic E-state index is 0.0695. The van der Waals surface area contributed by atoms with Crippen molar-refractivity contribution in [2.24, 2.45) is 0 Å². The standard InChI is InChI=1S/C12H14ClNO2/c1-14(2)10-6-4-9(5-7-10)8-11(13)12(15)16-3/h4-8H,1-3H3. The molecule has 0 heterocycles. The van der Waals surface area contributed by atoms with Gasteiger partial charge in [0, 0.05) is 19.8 Å². The number of carbonyl (C=O) groups excluding carboxylic acids is 1. The highest BCUT2D eigenvalue weighted by Gasteiger charge is 2.05. The summed E-state index contributed by atoms with van der Waals surface area (Å²) in [6, 6.07) is 7.68. The predicted molar refractivity (Wildman–Crippen MR) is 66.6 cm³/mol. The summed E-state index contributed by atoms with van der Waals surface area (Å²) < 4.78 is 4.50. The van der Waals surface area contributed by atoms with Gasteiger partial charge in [-0.3, -0.25) is 0 Å². The van der Waals surface area contributed by atoms with Crippen molar-refractivity contribution in [1.82, 2.24) is 0 Å². The van der Waals surface area contributed by atoms with Gasteiger partial charge < -0.3 is 9.64 Å². The molecule has 0 bridgehead atoms. The van der Waals surface area contributed by atoms with Crippen molar-refractivity contribution in [3.05, 3.63) is 34.9 Å². The van der Waals surface area contributed by atoms with Crippen LogP contribution in [0.1, 0.15) is 5.56 Å². The number of benzene rings is 1. The summed E-state index contributed by atoms with van der Waals surface area (Å²) in [7, 11) is 5.23. The van der Waals surface area contributed by atoms with E-state index in [1.807, 2.05) is 43.3 Å². The zero-order valence-corrected chi connectivity index (χ0v) is 10.3. The fraction of sp³-hybridized carbons (Fsp3) is 0.250. The van der Waals surface area contributed by atoms with E-state index in [2.05, 4.69) is 4.74 Å². The van der Waals surface area contributed by atoms with Gasteiger partial charge in [0.05, 0.1) is 7.11 Å². The number of methoxy groups -OCH3 is 1. The number of carbonyl (C=O) groups is 1. The molecule has 0 saturated heterocycles. The van der Waals surface area contributed by atoms with Crippen molar-refractivity contribution in [2.75, 3.05) is 26.1 Å². The summed E-state index contributed by atoms with van der Waals surface area (Å²) >= 11 is 5.74. The summed E-state index contributed by atoms with van der Waals surface area (Å²) in [5, 5.41) is 0.0695. The van der Waals surface area contributed by atoms with Crippen LogP contribution in [0.15, 0.2) is 29.3 Å². The van der Waals surface area contributed by atoms with Crippen molar-refractivity contribution < 1.29 is 9.53 Å². The zero-order valence-electron chi connectivity index (χ0n) is 9.53. The van der Waals surface area contributed by atoms with Crippen LogP contribution >= 0.6 is 11.6 Å². The van der Waals surface area contributed by atoms with Gasteiger partial charge >= 0.3 is 5.97 Å². The molecule has 4 heteroatoms. The van der Waals surface area contributed by atoms with Crippen LogP contribution in [0.4, 0.5) is 5.69 Å². The first-order valence-corrected chi connectivity index (χ1v) is 5.15. The lowest BCUT2D eigenvalue weighted by Crippen LogP contribution is -2.07. The zero-order chi connectivity index (χ0) is 12.1. The largest absolute Gasteiger partial charge is 0.465 e. The molecule has 0 atom stereocenters. The van der Waals surface area contributed by atoms with Crippen molar-refractivity contribution in [3.63, 3.8) is 0 Å². The number of esters is 1. The second kappa shape index (κ2) is 5.56. The molecule has 0 aliphatic heterocycles. The smallest absolute Gasteiger partial charge is 0.349 e. The predicted octanol–water partition coefficient (Wildman–Crippen LogP) is 2.51. The van der Waals surface area contributed by atoms with Crippen LogP contribution in [-0.4, -0.2) is 27.2 Å². The van der Waals surface area contributed by atoms with Crippen molar-refractivity contribution in [2.45, 2.75) is 0 Å². The van der Waals surface area contributed by atoms with E-state index in [1.54, 1.807) is 6.08 Å². The van der Waals surface area contributed by atoms with Crippen LogP contribution in [0.2, 0.25) is 0 Å². The number of ether oxygens (including phenoxy) is 1. The Morgan fingerprint density at radius 2 is 1.88 bits per heavy atom. The van der Waals surface area contributed by atoms with E-state index in [0.29, 0.717) is 0 Å². The summed E-state index contributed by atoms with van der Waals surface area (Å²) in [5.74, 6) is -0.529. The minimum atomic E-state index is -0.529. The quantitative estimate of drug-likeness (QED) is 0.600. The van der Waals surface area contributed by atoms with E-state index in [9.17, 15) is 4.79 Å². The number of hydrogen-bond acceptors (Lipinski definition) is 3. The third-order valence-electron chi connectivity index (χ3n) is 2.08. The number of anilines is 1. The Hall–Kier alpha value is -1.48. The van der Waals surface area contributed by atoms with E-state index in [0.717, 1.165) is 11.3 Å². The molecule has 0 aliphatic carbocycles. The van der Waals surface area contributed by atoms with Crippen LogP contribution in [-0.2, 0) is 9.53 Å². The molecule has 0 unspecified atom stereocenters. The SMILES string of the molecule is COC(=O)C(Cl)=Cc1ccc(N(C)C)cc1. The molecule has 16 heavy (non-hydrogen) atoms. The van der Waals surface area contributed by atoms with E-state index in [4.69, 9.17) is 11.6 Å². The van der Waals surface area contributed by atoms with Gasteiger partial charge in [-0.05, 0) is 23.8 Å². The van der Waals surface area contributed by atoms with Crippen LogP contribution < -0.4 is 4.90 Å². The fourth-order valence-corrected chi connectivity index (χ4v) is 1.37. The van der Waals surface area contributed by atoms with Gasteiger partial charge in [-0.15, -0.1) is 0 Å². The molecule has 0 aliphatic rings. The second-order valence-corrected chi connectivity index (χ2v) is 3.88. The Morgan fingerprint density at radius 3 is 2.31 bits per heavy atom. The summed E-state index contributed by atoms with van der Waals surface area (Å²) in [6.45, 7) is 0. The van der Waals surface area contributed by atoms with Gasteiger partial charge in [0.1, 0.15) is 5.03 Å². The molecule has 0 spiro atoms. The maximum absolute atomic E-state index is 11.1. The highest BCUT2D eigenvalue weighted by molar-refractivity contribution is 6.43. The van der Waals surface area contributed by atoms with Gasteiger partial charge in [-0.1, -0.05) is 23.7 Å². The molecular weight excluding hydrogens is 226 g/mol. The van der Waals surface area contributed by atoms with Gasteiger partial charge in [0.15, 0.2) is 0 Å². The maximum atomic E-state index is 11.1. The highest BCUT2D eigenvalue weighted by Crippen LogP contribution is 2.16. The van der Waals surface area contributed by atoms with Crippen LogP contribution in [0.3, 0.4) is 0 Å². The number of rotatable bonds is 3. The third-order valence-corrected chi connectivity index (χ3v) is 2.35. The van der Waals surface area contributed by atoms with E-state index in [-0.39, 0.29) is 5.03 Å². The molecule has 0 radical (unpaired) electrons. The van der Waals surface area contributed by atoms with Crippen LogP contribution in [0.25, 0.3) is 6.08 Å². The molecule has 3 nitrogen and oxygen atoms in total. The van der Waals surface area contributed by atoms with E-state index in [1.165, 1.54) is 7.11 Å². The Kier molecular flexibility index (Phi) is 4.38. The Bertz CT molecular complexity index is 396. The first kappa shape index (κ1) is 12.6. The molecular formula is C12H14ClNO2. The molecule has 0 aromatic heterocycles. The summed E-state index contributed by atoms with van der Waals surface area (Å²) in [5.41, 5.74) is 1.95. The van der Waals surface area contributed by atoms with Gasteiger partial charge in [0.25, 0.3) is 0 Å². The lowest BCUT2D eigenvalue weighted by molar-refractivity contribution is -0.135. The Balaban J connectivity index is 2.87. The van der Waals surface area contributed by atoms with Crippen LogP contribution in [0, 0.1) is 0 Å². The molecule has 86 valence electrons. The van der Waals surface area contributed by atoms with E-state index >= 15 is 0 Å². The molecule has 0 saturated carbocycles. The third kappa shape index (κ3) is 3.28. The molecule has 0 amide bonds. The highest BCUT2D eigenvalue weighted by atomic mass is 35.5. The monoisotopic (exact) mass is 239 g/mol.